The lowest BCUT2D eigenvalue weighted by Gasteiger charge is -2.17. The Kier molecular flexibility index (Phi) is 6.11. The molecular weight excluding hydrogens is 380 g/mol. The Morgan fingerprint density at radius 2 is 1.82 bits per heavy atom. The Bertz CT molecular complexity index is 1000. The van der Waals surface area contributed by atoms with Crippen LogP contribution in [0.1, 0.15) is 15.9 Å². The van der Waals surface area contributed by atoms with E-state index in [1.807, 2.05) is 36.4 Å². The van der Waals surface area contributed by atoms with E-state index in [1.165, 1.54) is 23.2 Å². The molecule has 0 aliphatic rings. The number of ether oxygens (including phenoxy) is 2. The summed E-state index contributed by atoms with van der Waals surface area (Å²) in [6.07, 6.45) is 1.31. The van der Waals surface area contributed by atoms with Crippen molar-refractivity contribution in [3.63, 3.8) is 0 Å². The third kappa shape index (κ3) is 4.78. The fourth-order valence-electron chi connectivity index (χ4n) is 2.68. The minimum Gasteiger partial charge on any atom is -0.497 e. The van der Waals surface area contributed by atoms with Gasteiger partial charge in [0, 0.05) is 19.8 Å². The predicted molar refractivity (Wildman–Crippen MR) is 107 cm³/mol. The Balaban J connectivity index is 1.58. The van der Waals surface area contributed by atoms with E-state index in [4.69, 9.17) is 21.1 Å². The molecule has 0 bridgehead atoms. The first-order valence-electron chi connectivity index (χ1n) is 8.55. The second-order valence-corrected chi connectivity index (χ2v) is 6.63. The highest BCUT2D eigenvalue weighted by Crippen LogP contribution is 2.22. The second kappa shape index (κ2) is 8.71. The van der Waals surface area contributed by atoms with Crippen LogP contribution < -0.4 is 4.74 Å². The summed E-state index contributed by atoms with van der Waals surface area (Å²) >= 11 is 5.68. The first-order chi connectivity index (χ1) is 13.5. The van der Waals surface area contributed by atoms with Crippen LogP contribution in [0.2, 0.25) is 5.15 Å². The number of fused-ring (bicyclic) bond motifs is 1. The number of nitrogens with zero attached hydrogens (tertiary/aromatic N) is 2. The van der Waals surface area contributed by atoms with E-state index in [0.717, 1.165) is 22.1 Å². The molecule has 0 radical (unpaired) electrons. The maximum absolute atomic E-state index is 12.3. The minimum absolute atomic E-state index is 0.241. The number of esters is 1. The number of rotatable bonds is 6. The molecule has 0 N–H and O–H groups in total. The Labute approximate surface area is 167 Å². The van der Waals surface area contributed by atoms with Crippen LogP contribution in [-0.2, 0) is 16.1 Å². The molecule has 0 atom stereocenters. The summed E-state index contributed by atoms with van der Waals surface area (Å²) in [5.41, 5.74) is 1.21. The zero-order valence-electron chi connectivity index (χ0n) is 15.5. The molecule has 28 heavy (non-hydrogen) atoms. The van der Waals surface area contributed by atoms with Crippen molar-refractivity contribution < 1.29 is 19.1 Å². The van der Waals surface area contributed by atoms with Crippen LogP contribution in [0, 0.1) is 0 Å². The van der Waals surface area contributed by atoms with Gasteiger partial charge in [0.2, 0.25) is 0 Å². The lowest BCUT2D eigenvalue weighted by Crippen LogP contribution is -2.30. The first-order valence-corrected chi connectivity index (χ1v) is 8.93. The van der Waals surface area contributed by atoms with Gasteiger partial charge in [0.1, 0.15) is 10.9 Å². The standard InChI is InChI=1S/C21H19ClN2O4/c1-24(20(25)13-28-21(26)17-6-8-19(22)23-11-17)12-14-3-4-16-10-18(27-2)7-5-15(16)9-14/h3-11H,12-13H2,1-2H3. The summed E-state index contributed by atoms with van der Waals surface area (Å²) in [6, 6.07) is 14.8. The summed E-state index contributed by atoms with van der Waals surface area (Å²) in [5, 5.41) is 2.39. The summed E-state index contributed by atoms with van der Waals surface area (Å²) in [6.45, 7) is 0.0591. The van der Waals surface area contributed by atoms with Gasteiger partial charge in [-0.15, -0.1) is 0 Å². The SMILES string of the molecule is COc1ccc2cc(CN(C)C(=O)COC(=O)c3ccc(Cl)nc3)ccc2c1. The van der Waals surface area contributed by atoms with E-state index in [-0.39, 0.29) is 23.2 Å². The molecule has 3 rings (SSSR count). The molecule has 0 unspecified atom stereocenters. The van der Waals surface area contributed by atoms with Gasteiger partial charge in [0.25, 0.3) is 5.91 Å². The van der Waals surface area contributed by atoms with Gasteiger partial charge in [0.05, 0.1) is 12.7 Å². The number of pyridine rings is 1. The van der Waals surface area contributed by atoms with Crippen molar-refractivity contribution in [3.05, 3.63) is 71.0 Å². The highest BCUT2D eigenvalue weighted by atomic mass is 35.5. The highest BCUT2D eigenvalue weighted by Gasteiger charge is 2.14. The molecular formula is C21H19ClN2O4. The number of carbonyl (C=O) groups is 2. The van der Waals surface area contributed by atoms with Gasteiger partial charge in [-0.05, 0) is 46.7 Å². The largest absolute Gasteiger partial charge is 0.497 e. The molecule has 3 aromatic rings. The molecule has 1 aromatic heterocycles. The van der Waals surface area contributed by atoms with E-state index >= 15 is 0 Å². The van der Waals surface area contributed by atoms with E-state index < -0.39 is 5.97 Å². The van der Waals surface area contributed by atoms with Crippen LogP contribution in [0.3, 0.4) is 0 Å². The maximum atomic E-state index is 12.3. The van der Waals surface area contributed by atoms with E-state index in [1.54, 1.807) is 14.2 Å². The van der Waals surface area contributed by atoms with Gasteiger partial charge < -0.3 is 14.4 Å². The van der Waals surface area contributed by atoms with Gasteiger partial charge in [-0.1, -0.05) is 29.8 Å². The summed E-state index contributed by atoms with van der Waals surface area (Å²) in [5.74, 6) is -0.124. The molecule has 0 spiro atoms. The quantitative estimate of drug-likeness (QED) is 0.467. The van der Waals surface area contributed by atoms with Gasteiger partial charge >= 0.3 is 5.97 Å². The average molecular weight is 399 g/mol. The maximum Gasteiger partial charge on any atom is 0.340 e. The number of aromatic nitrogens is 1. The molecule has 144 valence electrons. The number of methoxy groups -OCH3 is 1. The molecule has 0 aliphatic heterocycles. The zero-order chi connectivity index (χ0) is 20.1. The summed E-state index contributed by atoms with van der Waals surface area (Å²) in [4.78, 5) is 29.6. The number of hydrogen-bond donors (Lipinski definition) is 0. The van der Waals surface area contributed by atoms with Crippen LogP contribution in [0.15, 0.2) is 54.7 Å². The van der Waals surface area contributed by atoms with Gasteiger partial charge in [-0.3, -0.25) is 4.79 Å². The monoisotopic (exact) mass is 398 g/mol. The number of amides is 1. The number of carbonyl (C=O) groups excluding carboxylic acids is 2. The molecule has 1 amide bonds. The predicted octanol–water partition coefficient (Wildman–Crippen LogP) is 3.71. The molecule has 2 aromatic carbocycles. The minimum atomic E-state index is -0.620. The topological polar surface area (TPSA) is 68.7 Å². The average Bonchev–Trinajstić information content (AvgIpc) is 2.71. The molecule has 0 aliphatic carbocycles. The smallest absolute Gasteiger partial charge is 0.340 e. The zero-order valence-corrected chi connectivity index (χ0v) is 16.3. The molecule has 1 heterocycles. The van der Waals surface area contributed by atoms with Crippen molar-refractivity contribution in [2.45, 2.75) is 6.54 Å². The second-order valence-electron chi connectivity index (χ2n) is 6.24. The number of hydrogen-bond acceptors (Lipinski definition) is 5. The van der Waals surface area contributed by atoms with Crippen molar-refractivity contribution in [1.82, 2.24) is 9.88 Å². The van der Waals surface area contributed by atoms with Gasteiger partial charge in [0.15, 0.2) is 6.61 Å². The number of likely N-dealkylation sites (N-methyl/N-ethyl adjacent to an activating group) is 1. The van der Waals surface area contributed by atoms with Crippen LogP contribution in [0.5, 0.6) is 5.75 Å². The Morgan fingerprint density at radius 3 is 2.54 bits per heavy atom. The Morgan fingerprint density at radius 1 is 1.07 bits per heavy atom. The summed E-state index contributed by atoms with van der Waals surface area (Å²) in [7, 11) is 3.30. The van der Waals surface area contributed by atoms with Gasteiger partial charge in [-0.2, -0.15) is 0 Å². The van der Waals surface area contributed by atoms with Crippen molar-refractivity contribution in [3.8, 4) is 5.75 Å². The van der Waals surface area contributed by atoms with Crippen LogP contribution in [0.4, 0.5) is 0 Å². The number of halogens is 1. The van der Waals surface area contributed by atoms with Crippen molar-refractivity contribution in [2.24, 2.45) is 0 Å². The van der Waals surface area contributed by atoms with E-state index in [2.05, 4.69) is 4.98 Å². The lowest BCUT2D eigenvalue weighted by atomic mass is 10.1. The molecule has 0 saturated carbocycles. The fourth-order valence-corrected chi connectivity index (χ4v) is 2.79. The Hall–Kier alpha value is -3.12. The number of benzene rings is 2. The van der Waals surface area contributed by atoms with Crippen molar-refractivity contribution in [2.75, 3.05) is 20.8 Å². The third-order valence-electron chi connectivity index (χ3n) is 4.25. The fraction of sp³-hybridized carbons (Fsp3) is 0.190. The molecule has 0 fully saturated rings. The summed E-state index contributed by atoms with van der Waals surface area (Å²) < 4.78 is 10.3. The first kappa shape index (κ1) is 19.6. The molecule has 7 heteroatoms. The third-order valence-corrected chi connectivity index (χ3v) is 4.47. The van der Waals surface area contributed by atoms with Crippen LogP contribution in [0.25, 0.3) is 10.8 Å². The van der Waals surface area contributed by atoms with E-state index in [9.17, 15) is 9.59 Å². The highest BCUT2D eigenvalue weighted by molar-refractivity contribution is 6.29. The molecule has 6 nitrogen and oxygen atoms in total. The lowest BCUT2D eigenvalue weighted by molar-refractivity contribution is -0.133. The van der Waals surface area contributed by atoms with Gasteiger partial charge in [-0.25, -0.2) is 9.78 Å². The van der Waals surface area contributed by atoms with E-state index in [0.29, 0.717) is 6.54 Å². The van der Waals surface area contributed by atoms with Crippen LogP contribution in [-0.4, -0.2) is 42.5 Å². The molecule has 0 saturated heterocycles. The van der Waals surface area contributed by atoms with Crippen molar-refractivity contribution >= 4 is 34.2 Å². The van der Waals surface area contributed by atoms with Crippen molar-refractivity contribution in [1.29, 1.82) is 0 Å². The van der Waals surface area contributed by atoms with Crippen LogP contribution >= 0.6 is 11.6 Å². The normalized spacial score (nSPS) is 10.5.